The molecule has 148 valence electrons. The third-order valence-corrected chi connectivity index (χ3v) is 14.1. The minimum absolute atomic E-state index is 0.00598. The maximum atomic E-state index is 12.8. The van der Waals surface area contributed by atoms with Gasteiger partial charge in [0.15, 0.2) is 0 Å². The molecule has 3 heterocycles. The zero-order chi connectivity index (χ0) is 18.5. The zero-order valence-corrected chi connectivity index (χ0v) is 18.7. The molecule has 3 aliphatic heterocycles. The van der Waals surface area contributed by atoms with Crippen LogP contribution in [0.4, 0.5) is 0 Å². The van der Waals surface area contributed by atoms with Gasteiger partial charge >= 0.3 is 172 Å². The van der Waals surface area contributed by atoms with Crippen LogP contribution in [-0.4, -0.2) is 43.8 Å². The summed E-state index contributed by atoms with van der Waals surface area (Å²) >= 11 is 0.883. The van der Waals surface area contributed by atoms with Gasteiger partial charge in [-0.1, -0.05) is 6.42 Å². The number of halogens is 2. The molecule has 0 amide bonds. The van der Waals surface area contributed by atoms with E-state index in [-0.39, 0.29) is 49.5 Å². The van der Waals surface area contributed by atoms with Gasteiger partial charge in [0.2, 0.25) is 0 Å². The molecule has 10 heteroatoms. The van der Waals surface area contributed by atoms with Gasteiger partial charge in [-0.05, 0) is 0 Å². The van der Waals surface area contributed by atoms with Gasteiger partial charge in [0.25, 0.3) is 0 Å². The number of hydrogen-bond acceptors (Lipinski definition) is 8. The molecule has 6 fully saturated rings. The van der Waals surface area contributed by atoms with E-state index in [1.807, 2.05) is 0 Å². The Balaban J connectivity index is 1.14. The molecule has 2 N–H and O–H groups in total. The van der Waals surface area contributed by atoms with E-state index in [0.29, 0.717) is 0 Å². The number of esters is 3. The molecule has 0 aromatic rings. The molecule has 8 nitrogen and oxygen atoms in total. The summed E-state index contributed by atoms with van der Waals surface area (Å²) in [5.41, 5.74) is 0. The zero-order valence-electron chi connectivity index (χ0n) is 14.4. The molecule has 27 heavy (non-hydrogen) atoms. The van der Waals surface area contributed by atoms with Gasteiger partial charge in [0.05, 0.1) is 0 Å². The van der Waals surface area contributed by atoms with Crippen molar-refractivity contribution >= 4 is 60.9 Å². The van der Waals surface area contributed by atoms with Crippen LogP contribution in [0.2, 0.25) is 0 Å². The Hall–Kier alpha value is -0.210. The van der Waals surface area contributed by atoms with Gasteiger partial charge in [-0.3, -0.25) is 0 Å². The van der Waals surface area contributed by atoms with E-state index in [2.05, 4.69) is 29.7 Å². The van der Waals surface area contributed by atoms with Crippen molar-refractivity contribution in [3.05, 3.63) is 0 Å². The Bertz CT molecular complexity index is 737. The van der Waals surface area contributed by atoms with Gasteiger partial charge in [-0.25, -0.2) is 0 Å². The third kappa shape index (κ3) is 2.41. The van der Waals surface area contributed by atoms with Crippen LogP contribution < -0.4 is 7.06 Å². The molecule has 3 aliphatic carbocycles. The molecule has 3 saturated carbocycles. The Morgan fingerprint density at radius 3 is 2.56 bits per heavy atom. The van der Waals surface area contributed by atoms with E-state index in [0.717, 1.165) is 25.7 Å². The van der Waals surface area contributed by atoms with Crippen molar-refractivity contribution in [3.63, 3.8) is 0 Å². The van der Waals surface area contributed by atoms with Gasteiger partial charge in [0, 0.05) is 0 Å². The van der Waals surface area contributed by atoms with E-state index >= 15 is 0 Å². The number of nitrogens with one attached hydrogen (secondary N) is 2. The number of rotatable bonds is 5. The number of alkyl halides is 2. The topological polar surface area (TPSA) is 123 Å². The number of fused-ring (bicyclic) bond motifs is 1. The predicted octanol–water partition coefficient (Wildman–Crippen LogP) is 1.19. The van der Waals surface area contributed by atoms with Crippen LogP contribution in [0.3, 0.4) is 0 Å². The van der Waals surface area contributed by atoms with Gasteiger partial charge in [0.1, 0.15) is 0 Å². The summed E-state index contributed by atoms with van der Waals surface area (Å²) < 4.78 is 23.1. The first-order valence-corrected chi connectivity index (χ1v) is 14.0. The molecule has 6 aliphatic rings. The van der Waals surface area contributed by atoms with Crippen molar-refractivity contribution in [1.29, 1.82) is 0 Å². The van der Waals surface area contributed by atoms with Gasteiger partial charge in [-0.15, -0.1) is 0 Å². The average Bonchev–Trinajstić information content (AvgIpc) is 3.48. The first-order chi connectivity index (χ1) is 13.0. The molecular weight excluding hydrogens is 582 g/mol. The van der Waals surface area contributed by atoms with E-state index in [1.165, 1.54) is 6.42 Å². The van der Waals surface area contributed by atoms with Crippen LogP contribution in [0, 0.1) is 23.7 Å². The van der Waals surface area contributed by atoms with Crippen molar-refractivity contribution in [3.8, 4) is 0 Å². The van der Waals surface area contributed by atoms with E-state index in [9.17, 15) is 14.4 Å². The molecule has 7 unspecified atom stereocenters. The van der Waals surface area contributed by atoms with Crippen LogP contribution in [0.5, 0.6) is 0 Å². The van der Waals surface area contributed by atoms with E-state index in [1.54, 1.807) is 0 Å². The minimum atomic E-state index is -1.23. The Labute approximate surface area is 177 Å². The molecule has 0 radical (unpaired) electrons. The molecular formula is C17H20I2N2O6. The Kier molecular flexibility index (Phi) is 3.86. The molecule has 6 rings (SSSR count). The maximum absolute atomic E-state index is 12.8. The monoisotopic (exact) mass is 602 g/mol. The first kappa shape index (κ1) is 17.6. The summed E-state index contributed by atoms with van der Waals surface area (Å²) in [4.78, 5) is 37.6. The standard InChI is InChI=1S/C17H20I2N2O6/c18-13(17-19(20-17)21-17)16(24)27-12-7-8-10(15(23)26-11(8)12)9(7)14(22)25-6-4-2-1-3-5-6/h6-13,20-21H,1-5H2. The Morgan fingerprint density at radius 2 is 1.89 bits per heavy atom. The predicted molar refractivity (Wildman–Crippen MR) is 108 cm³/mol. The van der Waals surface area contributed by atoms with Crippen LogP contribution in [0.1, 0.15) is 32.1 Å². The second-order valence-electron chi connectivity index (χ2n) is 8.25. The van der Waals surface area contributed by atoms with Crippen molar-refractivity contribution in [2.24, 2.45) is 23.7 Å². The van der Waals surface area contributed by atoms with Gasteiger partial charge in [-0.2, -0.15) is 0 Å². The SMILES string of the molecule is O=C1OC2C(OC(=O)C(I)C34NI3N4)C3C(C(=O)OC4CCCCC4)C1C23. The van der Waals surface area contributed by atoms with Crippen molar-refractivity contribution in [1.82, 2.24) is 7.06 Å². The number of ether oxygens (including phenoxy) is 3. The second-order valence-corrected chi connectivity index (χ2v) is 13.9. The number of carbonyl (C=O) groups excluding carboxylic acids is 3. The van der Waals surface area contributed by atoms with Crippen LogP contribution >= 0.6 is 43.0 Å². The summed E-state index contributed by atoms with van der Waals surface area (Å²) in [5, 5.41) is 0. The second kappa shape index (κ2) is 5.91. The molecule has 0 bridgehead atoms. The fourth-order valence-electron chi connectivity index (χ4n) is 5.28. The first-order valence-electron chi connectivity index (χ1n) is 9.52. The summed E-state index contributed by atoms with van der Waals surface area (Å²) in [6, 6.07) is 0. The summed E-state index contributed by atoms with van der Waals surface area (Å²) in [7, 11) is 0. The number of carbonyl (C=O) groups is 3. The molecule has 3 saturated heterocycles. The normalized spacial score (nSPS) is 44.6. The molecule has 0 aromatic heterocycles. The van der Waals surface area contributed by atoms with Crippen molar-refractivity contribution in [2.75, 3.05) is 0 Å². The third-order valence-electron chi connectivity index (χ3n) is 6.87. The van der Waals surface area contributed by atoms with Crippen LogP contribution in [-0.2, 0) is 28.6 Å². The fourth-order valence-corrected chi connectivity index (χ4v) is 12.7. The average molecular weight is 602 g/mol. The quantitative estimate of drug-likeness (QED) is 0.0917. The number of hydrogen-bond donors (Lipinski definition) is 2. The molecule has 7 atom stereocenters. The summed E-state index contributed by atoms with van der Waals surface area (Å²) in [6.45, 7) is 0. The summed E-state index contributed by atoms with van der Waals surface area (Å²) in [6.07, 6.45) is 4.19. The van der Waals surface area contributed by atoms with Crippen LogP contribution in [0.15, 0.2) is 0 Å². The van der Waals surface area contributed by atoms with E-state index < -0.39 is 38.3 Å². The summed E-state index contributed by atoms with van der Waals surface area (Å²) in [5.74, 6) is -2.00. The van der Waals surface area contributed by atoms with Crippen molar-refractivity contribution < 1.29 is 28.6 Å². The Morgan fingerprint density at radius 1 is 1.19 bits per heavy atom. The van der Waals surface area contributed by atoms with Crippen molar-refractivity contribution in [2.45, 2.75) is 58.0 Å². The van der Waals surface area contributed by atoms with E-state index in [4.69, 9.17) is 14.2 Å². The van der Waals surface area contributed by atoms with Gasteiger partial charge < -0.3 is 0 Å². The fraction of sp³-hybridized carbons (Fsp3) is 0.824. The molecule has 0 spiro atoms. The van der Waals surface area contributed by atoms with Crippen LogP contribution in [0.25, 0.3) is 0 Å². The molecule has 0 aromatic carbocycles.